The van der Waals surface area contributed by atoms with Gasteiger partial charge in [-0.15, -0.1) is 0 Å². The van der Waals surface area contributed by atoms with Crippen LogP contribution in [0.5, 0.6) is 0 Å². The molecule has 1 heterocycles. The molecule has 1 aromatic carbocycles. The van der Waals surface area contributed by atoms with E-state index < -0.39 is 24.0 Å². The Morgan fingerprint density at radius 1 is 1.17 bits per heavy atom. The third-order valence-electron chi connectivity index (χ3n) is 4.63. The number of nitrogens with two attached hydrogens (primary N) is 1. The molecule has 8 heteroatoms. The number of primary amides is 1. The molecule has 0 saturated carbocycles. The first kappa shape index (κ1) is 22.9. The number of rotatable bonds is 7. The molecule has 0 fully saturated rings. The highest BCUT2D eigenvalue weighted by molar-refractivity contribution is 5.97. The van der Waals surface area contributed by atoms with Crippen molar-refractivity contribution in [3.8, 4) is 0 Å². The first-order valence-electron chi connectivity index (χ1n) is 9.67. The highest BCUT2D eigenvalue weighted by Crippen LogP contribution is 2.17. The summed E-state index contributed by atoms with van der Waals surface area (Å²) in [5, 5.41) is 6.49. The topological polar surface area (TPSA) is 116 Å². The van der Waals surface area contributed by atoms with Crippen LogP contribution in [0.25, 0.3) is 6.08 Å². The van der Waals surface area contributed by atoms with Crippen molar-refractivity contribution in [2.24, 2.45) is 11.7 Å². The molecule has 1 atom stereocenters. The lowest BCUT2D eigenvalue weighted by atomic mass is 10.1. The van der Waals surface area contributed by atoms with Crippen LogP contribution in [0.15, 0.2) is 30.3 Å². The van der Waals surface area contributed by atoms with Crippen LogP contribution in [0.2, 0.25) is 0 Å². The standard InChI is InChI=1S/C22H28N4O4/c1-13(2)20(21(28)24-22(23)29)30-19(27)11-10-18-15(4)25-26(16(18)5)12-17-8-6-14(3)7-9-17/h6-11,13,20H,12H2,1-5H3,(H3,23,24,28,29)/b11-10+/t20-/m1/s1. The predicted octanol–water partition coefficient (Wildman–Crippen LogP) is 2.63. The molecule has 160 valence electrons. The summed E-state index contributed by atoms with van der Waals surface area (Å²) < 4.78 is 7.09. The maximum atomic E-state index is 12.2. The maximum Gasteiger partial charge on any atom is 0.331 e. The lowest BCUT2D eigenvalue weighted by Crippen LogP contribution is -2.45. The molecule has 1 aromatic heterocycles. The van der Waals surface area contributed by atoms with Crippen molar-refractivity contribution in [1.29, 1.82) is 0 Å². The number of amides is 3. The first-order valence-corrected chi connectivity index (χ1v) is 9.67. The fourth-order valence-electron chi connectivity index (χ4n) is 2.97. The zero-order valence-corrected chi connectivity index (χ0v) is 17.9. The normalized spacial score (nSPS) is 12.2. The molecule has 0 spiro atoms. The third-order valence-corrected chi connectivity index (χ3v) is 4.63. The summed E-state index contributed by atoms with van der Waals surface area (Å²) in [5.74, 6) is -1.78. The van der Waals surface area contributed by atoms with Gasteiger partial charge in [-0.1, -0.05) is 43.7 Å². The highest BCUT2D eigenvalue weighted by atomic mass is 16.5. The number of esters is 1. The van der Waals surface area contributed by atoms with E-state index in [1.165, 1.54) is 11.6 Å². The van der Waals surface area contributed by atoms with Crippen LogP contribution in [0.1, 0.15) is 41.9 Å². The van der Waals surface area contributed by atoms with E-state index in [1.807, 2.05) is 30.8 Å². The van der Waals surface area contributed by atoms with Gasteiger partial charge in [0.25, 0.3) is 5.91 Å². The van der Waals surface area contributed by atoms with Crippen molar-refractivity contribution >= 4 is 24.0 Å². The van der Waals surface area contributed by atoms with Crippen LogP contribution in [0, 0.1) is 26.7 Å². The Balaban J connectivity index is 2.12. The second-order valence-electron chi connectivity index (χ2n) is 7.52. The minimum absolute atomic E-state index is 0.331. The summed E-state index contributed by atoms with van der Waals surface area (Å²) in [5.41, 5.74) is 9.77. The molecule has 2 aromatic rings. The van der Waals surface area contributed by atoms with E-state index in [9.17, 15) is 14.4 Å². The van der Waals surface area contributed by atoms with Crippen LogP contribution >= 0.6 is 0 Å². The van der Waals surface area contributed by atoms with E-state index in [2.05, 4.69) is 29.4 Å². The molecule has 2 rings (SSSR count). The van der Waals surface area contributed by atoms with Gasteiger partial charge >= 0.3 is 12.0 Å². The molecule has 8 nitrogen and oxygen atoms in total. The number of imide groups is 1. The number of carbonyl (C=O) groups excluding carboxylic acids is 3. The second kappa shape index (κ2) is 9.87. The Hall–Kier alpha value is -3.42. The van der Waals surface area contributed by atoms with Crippen molar-refractivity contribution in [3.63, 3.8) is 0 Å². The smallest absolute Gasteiger partial charge is 0.331 e. The molecular formula is C22H28N4O4. The largest absolute Gasteiger partial charge is 0.449 e. The number of ether oxygens (including phenoxy) is 1. The monoisotopic (exact) mass is 412 g/mol. The number of hydrogen-bond acceptors (Lipinski definition) is 5. The fraction of sp³-hybridized carbons (Fsp3) is 0.364. The van der Waals surface area contributed by atoms with Gasteiger partial charge in [0.15, 0.2) is 6.10 Å². The van der Waals surface area contributed by atoms with Crippen LogP contribution in [-0.2, 0) is 20.9 Å². The van der Waals surface area contributed by atoms with Gasteiger partial charge < -0.3 is 10.5 Å². The molecular weight excluding hydrogens is 384 g/mol. The molecule has 0 unspecified atom stereocenters. The van der Waals surface area contributed by atoms with Gasteiger partial charge in [-0.2, -0.15) is 5.10 Å². The van der Waals surface area contributed by atoms with E-state index in [0.717, 1.165) is 22.5 Å². The van der Waals surface area contributed by atoms with Crippen LogP contribution < -0.4 is 11.1 Å². The Labute approximate surface area is 176 Å². The summed E-state index contributed by atoms with van der Waals surface area (Å²) in [6.07, 6.45) is 1.75. The SMILES string of the molecule is Cc1ccc(Cn2nc(C)c(/C=C/C(=O)O[C@@H](C(=O)NC(N)=O)C(C)C)c2C)cc1. The first-order chi connectivity index (χ1) is 14.1. The van der Waals surface area contributed by atoms with Crippen LogP contribution in [0.4, 0.5) is 4.79 Å². The number of aryl methyl sites for hydroxylation is 2. The molecule has 0 aliphatic heterocycles. The van der Waals surface area contributed by atoms with Crippen molar-refractivity contribution < 1.29 is 19.1 Å². The average Bonchev–Trinajstić information content (AvgIpc) is 2.92. The number of carbonyl (C=O) groups is 3. The van der Waals surface area contributed by atoms with E-state index >= 15 is 0 Å². The number of hydrogen-bond donors (Lipinski definition) is 2. The van der Waals surface area contributed by atoms with Crippen LogP contribution in [-0.4, -0.2) is 33.8 Å². The Morgan fingerprint density at radius 3 is 2.37 bits per heavy atom. The van der Waals surface area contributed by atoms with E-state index in [0.29, 0.717) is 6.54 Å². The zero-order chi connectivity index (χ0) is 22.4. The van der Waals surface area contributed by atoms with Gasteiger partial charge in [-0.25, -0.2) is 9.59 Å². The minimum atomic E-state index is -1.12. The Bertz CT molecular complexity index is 958. The van der Waals surface area contributed by atoms with E-state index in [-0.39, 0.29) is 5.92 Å². The lowest BCUT2D eigenvalue weighted by molar-refractivity contribution is -0.153. The van der Waals surface area contributed by atoms with Gasteiger partial charge in [-0.3, -0.25) is 14.8 Å². The van der Waals surface area contributed by atoms with Crippen LogP contribution in [0.3, 0.4) is 0 Å². The van der Waals surface area contributed by atoms with Gasteiger partial charge in [-0.05, 0) is 38.3 Å². The predicted molar refractivity (Wildman–Crippen MR) is 113 cm³/mol. The molecule has 30 heavy (non-hydrogen) atoms. The fourth-order valence-corrected chi connectivity index (χ4v) is 2.97. The van der Waals surface area contributed by atoms with Crippen molar-refractivity contribution in [2.75, 3.05) is 0 Å². The molecule has 0 aliphatic carbocycles. The highest BCUT2D eigenvalue weighted by Gasteiger charge is 2.26. The van der Waals surface area contributed by atoms with Gasteiger partial charge in [0, 0.05) is 17.3 Å². The van der Waals surface area contributed by atoms with Gasteiger partial charge in [0.1, 0.15) is 0 Å². The summed E-state index contributed by atoms with van der Waals surface area (Å²) in [7, 11) is 0. The number of nitrogens with one attached hydrogen (secondary N) is 1. The maximum absolute atomic E-state index is 12.2. The Morgan fingerprint density at radius 2 is 1.80 bits per heavy atom. The molecule has 3 N–H and O–H groups in total. The number of nitrogens with zero attached hydrogens (tertiary/aromatic N) is 2. The molecule has 0 saturated heterocycles. The summed E-state index contributed by atoms with van der Waals surface area (Å²) in [6.45, 7) is 9.85. The number of aromatic nitrogens is 2. The quantitative estimate of drug-likeness (QED) is 0.536. The Kier molecular flexibility index (Phi) is 7.52. The molecule has 0 aliphatic rings. The van der Waals surface area contributed by atoms with E-state index in [4.69, 9.17) is 10.5 Å². The second-order valence-corrected chi connectivity index (χ2v) is 7.52. The molecule has 0 radical (unpaired) electrons. The van der Waals surface area contributed by atoms with Gasteiger partial charge in [0.05, 0.1) is 12.2 Å². The molecule has 3 amide bonds. The average molecular weight is 412 g/mol. The zero-order valence-electron chi connectivity index (χ0n) is 17.9. The van der Waals surface area contributed by atoms with Crippen molar-refractivity contribution in [1.82, 2.24) is 15.1 Å². The van der Waals surface area contributed by atoms with Crippen molar-refractivity contribution in [2.45, 2.75) is 47.3 Å². The third kappa shape index (κ3) is 6.04. The number of urea groups is 1. The van der Waals surface area contributed by atoms with Gasteiger partial charge in [0.2, 0.25) is 0 Å². The summed E-state index contributed by atoms with van der Waals surface area (Å²) >= 11 is 0. The number of benzene rings is 1. The van der Waals surface area contributed by atoms with E-state index in [1.54, 1.807) is 19.9 Å². The summed E-state index contributed by atoms with van der Waals surface area (Å²) in [6, 6.07) is 7.22. The summed E-state index contributed by atoms with van der Waals surface area (Å²) in [4.78, 5) is 35.1. The minimum Gasteiger partial charge on any atom is -0.449 e. The van der Waals surface area contributed by atoms with Crippen molar-refractivity contribution in [3.05, 3.63) is 58.4 Å². The lowest BCUT2D eigenvalue weighted by Gasteiger charge is -2.18. The molecule has 0 bridgehead atoms.